The third-order valence-corrected chi connectivity index (χ3v) is 3.65. The smallest absolute Gasteiger partial charge is 0.344 e. The first-order valence-electron chi connectivity index (χ1n) is 8.30. The van der Waals surface area contributed by atoms with E-state index in [1.165, 1.54) is 0 Å². The van der Waals surface area contributed by atoms with Crippen LogP contribution in [0.3, 0.4) is 0 Å². The Morgan fingerprint density at radius 3 is 2.50 bits per heavy atom. The lowest BCUT2D eigenvalue weighted by molar-refractivity contribution is -0.145. The largest absolute Gasteiger partial charge is 0.482 e. The zero-order valence-corrected chi connectivity index (χ0v) is 15.0. The van der Waals surface area contributed by atoms with Crippen LogP contribution in [0.25, 0.3) is 0 Å². The van der Waals surface area contributed by atoms with Crippen LogP contribution in [0.1, 0.15) is 32.4 Å². The van der Waals surface area contributed by atoms with Gasteiger partial charge in [-0.1, -0.05) is 18.2 Å². The van der Waals surface area contributed by atoms with Crippen LogP contribution < -0.4 is 15.4 Å². The third kappa shape index (κ3) is 4.53. The molecule has 1 heterocycles. The number of hydrogen-bond donors (Lipinski definition) is 2. The van der Waals surface area contributed by atoms with Crippen LogP contribution in [0.15, 0.2) is 35.5 Å². The lowest BCUT2D eigenvalue weighted by Crippen LogP contribution is -2.45. The molecule has 2 amide bonds. The Kier molecular flexibility index (Phi) is 6.60. The highest BCUT2D eigenvalue weighted by molar-refractivity contribution is 5.95. The Bertz CT molecular complexity index is 728. The number of amides is 2. The van der Waals surface area contributed by atoms with Gasteiger partial charge in [-0.2, -0.15) is 0 Å². The maximum Gasteiger partial charge on any atom is 0.344 e. The van der Waals surface area contributed by atoms with E-state index >= 15 is 0 Å². The normalized spacial score (nSPS) is 16.4. The van der Waals surface area contributed by atoms with E-state index in [1.807, 2.05) is 0 Å². The summed E-state index contributed by atoms with van der Waals surface area (Å²) in [6.45, 7) is 5.21. The van der Waals surface area contributed by atoms with Gasteiger partial charge in [-0.25, -0.2) is 14.4 Å². The maximum atomic E-state index is 12.4. The van der Waals surface area contributed by atoms with Gasteiger partial charge in [0, 0.05) is 11.3 Å². The molecule has 140 valence electrons. The van der Waals surface area contributed by atoms with Crippen LogP contribution in [-0.2, 0) is 19.1 Å². The average Bonchev–Trinajstić information content (AvgIpc) is 2.60. The summed E-state index contributed by atoms with van der Waals surface area (Å²) < 4.78 is 15.5. The van der Waals surface area contributed by atoms with Gasteiger partial charge in [-0.3, -0.25) is 0 Å². The van der Waals surface area contributed by atoms with Crippen molar-refractivity contribution < 1.29 is 28.6 Å². The summed E-state index contributed by atoms with van der Waals surface area (Å²) in [4.78, 5) is 35.9. The van der Waals surface area contributed by atoms with E-state index in [-0.39, 0.29) is 25.4 Å². The topological polar surface area (TPSA) is 103 Å². The van der Waals surface area contributed by atoms with Crippen LogP contribution in [0.2, 0.25) is 0 Å². The Labute approximate surface area is 151 Å². The zero-order chi connectivity index (χ0) is 19.1. The molecule has 1 aromatic carbocycles. The van der Waals surface area contributed by atoms with E-state index < -0.39 is 24.0 Å². The molecule has 0 bridgehead atoms. The SMILES string of the molecule is CCOC(=O)COc1ccccc1[C@@H]1NC(=O)NC(C)=C1C(=O)OCC. The summed E-state index contributed by atoms with van der Waals surface area (Å²) in [6, 6.07) is 5.64. The van der Waals surface area contributed by atoms with E-state index in [2.05, 4.69) is 10.6 Å². The van der Waals surface area contributed by atoms with Crippen LogP contribution in [0, 0.1) is 0 Å². The third-order valence-electron chi connectivity index (χ3n) is 3.65. The molecule has 2 rings (SSSR count). The van der Waals surface area contributed by atoms with E-state index in [4.69, 9.17) is 14.2 Å². The first kappa shape index (κ1) is 19.3. The van der Waals surface area contributed by atoms with Gasteiger partial charge in [0.25, 0.3) is 0 Å². The molecule has 0 unspecified atom stereocenters. The molecule has 1 aliphatic heterocycles. The van der Waals surface area contributed by atoms with Crippen molar-refractivity contribution in [1.29, 1.82) is 0 Å². The minimum atomic E-state index is -0.763. The number of rotatable bonds is 7. The van der Waals surface area contributed by atoms with Gasteiger partial charge >= 0.3 is 18.0 Å². The first-order chi connectivity index (χ1) is 12.5. The van der Waals surface area contributed by atoms with Crippen molar-refractivity contribution in [2.75, 3.05) is 19.8 Å². The molecule has 8 heteroatoms. The molecule has 0 saturated carbocycles. The molecule has 8 nitrogen and oxygen atoms in total. The zero-order valence-electron chi connectivity index (χ0n) is 15.0. The highest BCUT2D eigenvalue weighted by Gasteiger charge is 2.33. The fourth-order valence-corrected chi connectivity index (χ4v) is 2.60. The van der Waals surface area contributed by atoms with Crippen molar-refractivity contribution >= 4 is 18.0 Å². The molecular weight excluding hydrogens is 340 g/mol. The van der Waals surface area contributed by atoms with Crippen molar-refractivity contribution in [2.24, 2.45) is 0 Å². The van der Waals surface area contributed by atoms with Crippen LogP contribution in [0.4, 0.5) is 4.79 Å². The molecule has 0 fully saturated rings. The molecule has 0 aliphatic carbocycles. The monoisotopic (exact) mass is 362 g/mol. The quantitative estimate of drug-likeness (QED) is 0.717. The van der Waals surface area contributed by atoms with Gasteiger partial charge < -0.3 is 24.8 Å². The first-order valence-corrected chi connectivity index (χ1v) is 8.30. The summed E-state index contributed by atoms with van der Waals surface area (Å²) in [5, 5.41) is 5.27. The molecule has 26 heavy (non-hydrogen) atoms. The standard InChI is InChI=1S/C18H22N2O6/c1-4-24-14(21)10-26-13-9-7-6-8-12(13)16-15(17(22)25-5-2)11(3)19-18(23)20-16/h6-9,16H,4-5,10H2,1-3H3,(H2,19,20,23)/t16-/m0/s1. The molecule has 0 spiro atoms. The number of allylic oxidation sites excluding steroid dienone is 1. The fourth-order valence-electron chi connectivity index (χ4n) is 2.60. The van der Waals surface area contributed by atoms with Crippen molar-refractivity contribution in [3.8, 4) is 5.75 Å². The molecule has 1 aliphatic rings. The van der Waals surface area contributed by atoms with Gasteiger partial charge in [0.15, 0.2) is 6.61 Å². The van der Waals surface area contributed by atoms with Gasteiger partial charge in [0.2, 0.25) is 0 Å². The molecule has 1 aromatic rings. The van der Waals surface area contributed by atoms with E-state index in [1.54, 1.807) is 45.0 Å². The molecule has 0 aromatic heterocycles. The van der Waals surface area contributed by atoms with Crippen LogP contribution in [0.5, 0.6) is 5.75 Å². The number of ether oxygens (including phenoxy) is 3. The van der Waals surface area contributed by atoms with Gasteiger partial charge in [0.1, 0.15) is 5.75 Å². The van der Waals surface area contributed by atoms with Crippen molar-refractivity contribution in [1.82, 2.24) is 10.6 Å². The van der Waals surface area contributed by atoms with Crippen molar-refractivity contribution in [2.45, 2.75) is 26.8 Å². The van der Waals surface area contributed by atoms with Gasteiger partial charge in [-0.15, -0.1) is 0 Å². The van der Waals surface area contributed by atoms with Crippen LogP contribution >= 0.6 is 0 Å². The lowest BCUT2D eigenvalue weighted by Gasteiger charge is -2.29. The van der Waals surface area contributed by atoms with Gasteiger partial charge in [0.05, 0.1) is 24.8 Å². The highest BCUT2D eigenvalue weighted by atomic mass is 16.6. The lowest BCUT2D eigenvalue weighted by atomic mass is 9.95. The number of para-hydroxylation sites is 1. The molecule has 0 radical (unpaired) electrons. The predicted octanol–water partition coefficient (Wildman–Crippen LogP) is 1.82. The fraction of sp³-hybridized carbons (Fsp3) is 0.389. The Balaban J connectivity index is 2.35. The summed E-state index contributed by atoms with van der Waals surface area (Å²) in [7, 11) is 0. The number of hydrogen-bond acceptors (Lipinski definition) is 6. The van der Waals surface area contributed by atoms with Crippen molar-refractivity contribution in [3.63, 3.8) is 0 Å². The maximum absolute atomic E-state index is 12.4. The van der Waals surface area contributed by atoms with Gasteiger partial charge in [-0.05, 0) is 26.8 Å². The predicted molar refractivity (Wildman–Crippen MR) is 92.3 cm³/mol. The Morgan fingerprint density at radius 2 is 1.81 bits per heavy atom. The Hall–Kier alpha value is -3.03. The summed E-state index contributed by atoms with van der Waals surface area (Å²) in [5.74, 6) is -0.681. The number of esters is 2. The minimum absolute atomic E-state index is 0.206. The molecule has 1 atom stereocenters. The summed E-state index contributed by atoms with van der Waals surface area (Å²) in [6.07, 6.45) is 0. The second-order valence-corrected chi connectivity index (χ2v) is 5.42. The van der Waals surface area contributed by atoms with E-state index in [9.17, 15) is 14.4 Å². The Morgan fingerprint density at radius 1 is 1.12 bits per heavy atom. The average molecular weight is 362 g/mol. The number of carbonyl (C=O) groups is 3. The number of benzene rings is 1. The van der Waals surface area contributed by atoms with Crippen LogP contribution in [-0.4, -0.2) is 37.8 Å². The number of urea groups is 1. The number of carbonyl (C=O) groups excluding carboxylic acids is 3. The minimum Gasteiger partial charge on any atom is -0.482 e. The molecular formula is C18H22N2O6. The van der Waals surface area contributed by atoms with E-state index in [0.717, 1.165) is 0 Å². The summed E-state index contributed by atoms with van der Waals surface area (Å²) in [5.41, 5.74) is 1.21. The second-order valence-electron chi connectivity index (χ2n) is 5.42. The van der Waals surface area contributed by atoms with E-state index in [0.29, 0.717) is 17.0 Å². The summed E-state index contributed by atoms with van der Waals surface area (Å²) >= 11 is 0. The number of nitrogens with one attached hydrogen (secondary N) is 2. The van der Waals surface area contributed by atoms with Crippen molar-refractivity contribution in [3.05, 3.63) is 41.1 Å². The highest BCUT2D eigenvalue weighted by Crippen LogP contribution is 2.33. The molecule has 0 saturated heterocycles. The molecule has 2 N–H and O–H groups in total. The second kappa shape index (κ2) is 8.89.